The van der Waals surface area contributed by atoms with Crippen LogP contribution in [0.25, 0.3) is 0 Å². The third-order valence-corrected chi connectivity index (χ3v) is 8.96. The van der Waals surface area contributed by atoms with Gasteiger partial charge < -0.3 is 0 Å². The van der Waals surface area contributed by atoms with Crippen molar-refractivity contribution in [1.29, 1.82) is 0 Å². The lowest BCUT2D eigenvalue weighted by Crippen LogP contribution is -2.41. The number of hydrogen-bond donors (Lipinski definition) is 0. The molecule has 1 heterocycles. The fourth-order valence-corrected chi connectivity index (χ4v) is 6.10. The Bertz CT molecular complexity index is 1360. The van der Waals surface area contributed by atoms with Gasteiger partial charge in [0.2, 0.25) is 10.0 Å². The second-order valence-corrected chi connectivity index (χ2v) is 13.1. The molecule has 37 heavy (non-hydrogen) atoms. The zero-order valence-electron chi connectivity index (χ0n) is 22.6. The summed E-state index contributed by atoms with van der Waals surface area (Å²) in [6.07, 6.45) is 1.23. The highest BCUT2D eigenvalue weighted by Gasteiger charge is 2.31. The van der Waals surface area contributed by atoms with Gasteiger partial charge in [0.25, 0.3) is 0 Å². The lowest BCUT2D eigenvalue weighted by molar-refractivity contribution is 0.0945. The summed E-state index contributed by atoms with van der Waals surface area (Å²) in [6.45, 7) is 13.0. The molecule has 3 aromatic carbocycles. The molecule has 0 radical (unpaired) electrons. The average molecular weight is 519 g/mol. The van der Waals surface area contributed by atoms with Crippen molar-refractivity contribution < 1.29 is 13.2 Å². The van der Waals surface area contributed by atoms with Crippen LogP contribution in [0, 0.1) is 13.8 Å². The van der Waals surface area contributed by atoms with Crippen LogP contribution in [0.4, 0.5) is 0 Å². The number of carbonyl (C=O) groups is 1. The van der Waals surface area contributed by atoms with Gasteiger partial charge in [-0.3, -0.25) is 9.69 Å². The number of nitrogens with zero attached hydrogens (tertiary/aromatic N) is 2. The standard InChI is InChI=1S/C31H38N2O3S/c1-23-8-12-25(13-9-23)20-32(31(3,4)5)18-6-7-30(34)26-14-15-27-21-33(22-28(27)19-26)37(35,36)29-16-10-24(2)11-17-29/h8-17,19H,6-7,18,20-22H2,1-5H3. The summed E-state index contributed by atoms with van der Waals surface area (Å²) in [7, 11) is -3.58. The predicted molar refractivity (Wildman–Crippen MR) is 149 cm³/mol. The van der Waals surface area contributed by atoms with Gasteiger partial charge in [-0.2, -0.15) is 4.31 Å². The smallest absolute Gasteiger partial charge is 0.243 e. The molecule has 0 aliphatic carbocycles. The molecule has 0 bridgehead atoms. The van der Waals surface area contributed by atoms with E-state index in [1.807, 2.05) is 37.3 Å². The van der Waals surface area contributed by atoms with Gasteiger partial charge >= 0.3 is 0 Å². The van der Waals surface area contributed by atoms with E-state index in [1.165, 1.54) is 15.4 Å². The molecule has 0 spiro atoms. The number of sulfonamides is 1. The Morgan fingerprint density at radius 3 is 2.08 bits per heavy atom. The zero-order chi connectivity index (χ0) is 26.8. The van der Waals surface area contributed by atoms with Crippen molar-refractivity contribution in [3.63, 3.8) is 0 Å². The maximum Gasteiger partial charge on any atom is 0.243 e. The van der Waals surface area contributed by atoms with E-state index in [4.69, 9.17) is 0 Å². The average Bonchev–Trinajstić information content (AvgIpc) is 3.29. The molecule has 6 heteroatoms. The molecule has 0 fully saturated rings. The van der Waals surface area contributed by atoms with E-state index in [-0.39, 0.29) is 11.3 Å². The molecule has 0 unspecified atom stereocenters. The molecule has 0 atom stereocenters. The SMILES string of the molecule is Cc1ccc(CN(CCCC(=O)c2ccc3c(c2)CN(S(=O)(=O)c2ccc(C)cc2)C3)C(C)(C)C)cc1. The molecule has 0 N–H and O–H groups in total. The summed E-state index contributed by atoms with van der Waals surface area (Å²) in [5.74, 6) is 0.104. The summed E-state index contributed by atoms with van der Waals surface area (Å²) in [5.41, 5.74) is 6.08. The van der Waals surface area contributed by atoms with Crippen molar-refractivity contribution in [2.75, 3.05) is 6.54 Å². The van der Waals surface area contributed by atoms with E-state index < -0.39 is 10.0 Å². The number of hydrogen-bond acceptors (Lipinski definition) is 4. The minimum Gasteiger partial charge on any atom is -0.294 e. The lowest BCUT2D eigenvalue weighted by atomic mass is 10.00. The fourth-order valence-electron chi connectivity index (χ4n) is 4.71. The molecule has 3 aromatic rings. The third-order valence-electron chi connectivity index (χ3n) is 7.15. The number of benzene rings is 3. The summed E-state index contributed by atoms with van der Waals surface area (Å²) in [4.78, 5) is 15.8. The van der Waals surface area contributed by atoms with Crippen LogP contribution < -0.4 is 0 Å². The van der Waals surface area contributed by atoms with Gasteiger partial charge in [0.05, 0.1) is 4.90 Å². The van der Waals surface area contributed by atoms with Gasteiger partial charge in [-0.05, 0) is 82.5 Å². The van der Waals surface area contributed by atoms with Crippen LogP contribution in [-0.2, 0) is 29.7 Å². The maximum absolute atomic E-state index is 13.1. The molecular formula is C31H38N2O3S. The van der Waals surface area contributed by atoms with Crippen molar-refractivity contribution in [2.45, 2.75) is 77.5 Å². The van der Waals surface area contributed by atoms with Gasteiger partial charge in [-0.1, -0.05) is 59.7 Å². The van der Waals surface area contributed by atoms with Crippen LogP contribution in [-0.4, -0.2) is 35.5 Å². The molecule has 1 aliphatic heterocycles. The number of Topliss-reactive ketones (excluding diaryl/α,β-unsaturated/α-hetero) is 1. The summed E-state index contributed by atoms with van der Waals surface area (Å²) >= 11 is 0. The van der Waals surface area contributed by atoms with Crippen LogP contribution in [0.3, 0.4) is 0 Å². The van der Waals surface area contributed by atoms with E-state index in [2.05, 4.69) is 56.9 Å². The highest BCUT2D eigenvalue weighted by molar-refractivity contribution is 7.89. The van der Waals surface area contributed by atoms with E-state index in [1.54, 1.807) is 12.1 Å². The Balaban J connectivity index is 1.37. The Hall–Kier alpha value is -2.80. The molecule has 5 nitrogen and oxygen atoms in total. The normalized spacial score (nSPS) is 14.2. The maximum atomic E-state index is 13.1. The van der Waals surface area contributed by atoms with Gasteiger partial charge in [-0.25, -0.2) is 8.42 Å². The number of fused-ring (bicyclic) bond motifs is 1. The number of aryl methyl sites for hydroxylation is 2. The molecule has 0 saturated heterocycles. The van der Waals surface area contributed by atoms with Crippen molar-refractivity contribution in [1.82, 2.24) is 9.21 Å². The molecule has 0 aromatic heterocycles. The molecule has 4 rings (SSSR count). The summed E-state index contributed by atoms with van der Waals surface area (Å²) < 4.78 is 27.7. The Labute approximate surface area is 222 Å². The monoisotopic (exact) mass is 518 g/mol. The summed E-state index contributed by atoms with van der Waals surface area (Å²) in [5, 5.41) is 0. The fraction of sp³-hybridized carbons (Fsp3) is 0.387. The Morgan fingerprint density at radius 2 is 1.46 bits per heavy atom. The highest BCUT2D eigenvalue weighted by Crippen LogP contribution is 2.30. The molecule has 0 saturated carbocycles. The van der Waals surface area contributed by atoms with Crippen molar-refractivity contribution in [3.8, 4) is 0 Å². The van der Waals surface area contributed by atoms with E-state index in [0.717, 1.165) is 36.2 Å². The van der Waals surface area contributed by atoms with E-state index in [0.29, 0.717) is 30.0 Å². The van der Waals surface area contributed by atoms with E-state index in [9.17, 15) is 13.2 Å². The van der Waals surface area contributed by atoms with Gasteiger partial charge in [-0.15, -0.1) is 0 Å². The Kier molecular flexibility index (Phi) is 8.02. The minimum atomic E-state index is -3.58. The van der Waals surface area contributed by atoms with Crippen molar-refractivity contribution in [3.05, 3.63) is 100 Å². The minimum absolute atomic E-state index is 0.00605. The third kappa shape index (κ3) is 6.56. The molecule has 0 amide bonds. The van der Waals surface area contributed by atoms with Crippen LogP contribution >= 0.6 is 0 Å². The lowest BCUT2D eigenvalue weighted by Gasteiger charge is -2.36. The van der Waals surface area contributed by atoms with Crippen LogP contribution in [0.1, 0.15) is 71.8 Å². The number of ketones is 1. The first-order chi connectivity index (χ1) is 17.4. The molecule has 196 valence electrons. The highest BCUT2D eigenvalue weighted by atomic mass is 32.2. The predicted octanol–water partition coefficient (Wildman–Crippen LogP) is 6.27. The topological polar surface area (TPSA) is 57.7 Å². The first kappa shape index (κ1) is 27.2. The Morgan fingerprint density at radius 1 is 0.865 bits per heavy atom. The number of rotatable bonds is 9. The van der Waals surface area contributed by atoms with Crippen molar-refractivity contribution in [2.24, 2.45) is 0 Å². The van der Waals surface area contributed by atoms with E-state index >= 15 is 0 Å². The summed E-state index contributed by atoms with van der Waals surface area (Å²) in [6, 6.07) is 21.2. The van der Waals surface area contributed by atoms with Gasteiger partial charge in [0.1, 0.15) is 0 Å². The van der Waals surface area contributed by atoms with Crippen LogP contribution in [0.15, 0.2) is 71.6 Å². The second-order valence-electron chi connectivity index (χ2n) is 11.2. The van der Waals surface area contributed by atoms with Crippen molar-refractivity contribution >= 4 is 15.8 Å². The first-order valence-electron chi connectivity index (χ1n) is 13.0. The van der Waals surface area contributed by atoms with Crippen LogP contribution in [0.2, 0.25) is 0 Å². The number of carbonyl (C=O) groups excluding carboxylic acids is 1. The second kappa shape index (κ2) is 10.9. The zero-order valence-corrected chi connectivity index (χ0v) is 23.4. The quantitative estimate of drug-likeness (QED) is 0.313. The molecular weight excluding hydrogens is 480 g/mol. The largest absolute Gasteiger partial charge is 0.294 e. The van der Waals surface area contributed by atoms with Crippen LogP contribution in [0.5, 0.6) is 0 Å². The van der Waals surface area contributed by atoms with Gasteiger partial charge in [0.15, 0.2) is 5.78 Å². The molecule has 1 aliphatic rings. The van der Waals surface area contributed by atoms with Gasteiger partial charge in [0, 0.05) is 37.2 Å². The first-order valence-corrected chi connectivity index (χ1v) is 14.4.